The van der Waals surface area contributed by atoms with Crippen LogP contribution in [0, 0.1) is 27.7 Å². The zero-order valence-corrected chi connectivity index (χ0v) is 18.7. The molecule has 1 saturated heterocycles. The van der Waals surface area contributed by atoms with Crippen LogP contribution in [0.4, 0.5) is 5.69 Å². The molecule has 1 aliphatic rings. The Bertz CT molecular complexity index is 1030. The van der Waals surface area contributed by atoms with Crippen molar-refractivity contribution in [1.29, 1.82) is 0 Å². The largest absolute Gasteiger partial charge is 0.326 e. The maximum Gasteiger partial charge on any atom is 0.279 e. The van der Waals surface area contributed by atoms with E-state index in [4.69, 9.17) is 0 Å². The summed E-state index contributed by atoms with van der Waals surface area (Å²) in [6.07, 6.45) is 0.616. The number of aromatic nitrogens is 2. The van der Waals surface area contributed by atoms with E-state index in [2.05, 4.69) is 10.4 Å². The van der Waals surface area contributed by atoms with Crippen LogP contribution in [0.25, 0.3) is 0 Å². The number of carbonyl (C=O) groups excluding carboxylic acids is 1. The van der Waals surface area contributed by atoms with Gasteiger partial charge in [0, 0.05) is 11.4 Å². The Morgan fingerprint density at radius 1 is 1.24 bits per heavy atom. The van der Waals surface area contributed by atoms with Crippen molar-refractivity contribution in [2.45, 2.75) is 46.7 Å². The molecule has 3 rings (SSSR count). The third-order valence-corrected chi connectivity index (χ3v) is 7.51. The van der Waals surface area contributed by atoms with Crippen molar-refractivity contribution >= 4 is 21.4 Å². The molecule has 0 radical (unpaired) electrons. The van der Waals surface area contributed by atoms with Crippen LogP contribution in [-0.2, 0) is 21.2 Å². The average Bonchev–Trinajstić information content (AvgIpc) is 3.11. The lowest BCUT2D eigenvalue weighted by Crippen LogP contribution is -3.08. The van der Waals surface area contributed by atoms with Crippen LogP contribution in [-0.4, -0.2) is 49.2 Å². The molecule has 0 spiro atoms. The third-order valence-electron chi connectivity index (χ3n) is 5.76. The number of rotatable bonds is 6. The van der Waals surface area contributed by atoms with Crippen LogP contribution in [0.2, 0.25) is 0 Å². The predicted molar refractivity (Wildman–Crippen MR) is 114 cm³/mol. The Morgan fingerprint density at radius 3 is 2.59 bits per heavy atom. The molecule has 0 aliphatic carbocycles. The highest BCUT2D eigenvalue weighted by Gasteiger charge is 2.31. The van der Waals surface area contributed by atoms with Crippen LogP contribution in [0.15, 0.2) is 18.2 Å². The molecular weight excluding hydrogens is 388 g/mol. The minimum atomic E-state index is -2.96. The van der Waals surface area contributed by atoms with E-state index < -0.39 is 9.84 Å². The highest BCUT2D eigenvalue weighted by atomic mass is 32.2. The van der Waals surface area contributed by atoms with Crippen LogP contribution < -0.4 is 10.2 Å². The monoisotopic (exact) mass is 419 g/mol. The molecule has 158 valence electrons. The maximum atomic E-state index is 12.4. The van der Waals surface area contributed by atoms with Gasteiger partial charge in [0.25, 0.3) is 5.91 Å². The third kappa shape index (κ3) is 5.05. The maximum absolute atomic E-state index is 12.4. The van der Waals surface area contributed by atoms with Gasteiger partial charge >= 0.3 is 0 Å². The average molecular weight is 420 g/mol. The van der Waals surface area contributed by atoms with Gasteiger partial charge in [0.15, 0.2) is 16.4 Å². The molecule has 1 fully saturated rings. The van der Waals surface area contributed by atoms with Gasteiger partial charge in [-0.25, -0.2) is 8.42 Å². The van der Waals surface area contributed by atoms with E-state index in [-0.39, 0.29) is 23.5 Å². The quantitative estimate of drug-likeness (QED) is 0.735. The number of hydrogen-bond acceptors (Lipinski definition) is 4. The lowest BCUT2D eigenvalue weighted by Gasteiger charge is -2.15. The Kier molecular flexibility index (Phi) is 6.14. The summed E-state index contributed by atoms with van der Waals surface area (Å²) in [4.78, 5) is 13.5. The van der Waals surface area contributed by atoms with Gasteiger partial charge < -0.3 is 10.2 Å². The van der Waals surface area contributed by atoms with Crippen molar-refractivity contribution in [3.8, 4) is 0 Å². The molecular formula is C21H31N4O3S+. The van der Waals surface area contributed by atoms with Crippen molar-refractivity contribution in [1.82, 2.24) is 9.78 Å². The number of nitrogens with zero attached hydrogens (tertiary/aromatic N) is 2. The lowest BCUT2D eigenvalue weighted by atomic mass is 10.1. The minimum absolute atomic E-state index is 0.0321. The van der Waals surface area contributed by atoms with Crippen molar-refractivity contribution in [2.75, 3.05) is 30.4 Å². The van der Waals surface area contributed by atoms with Crippen molar-refractivity contribution in [3.05, 3.63) is 46.3 Å². The molecule has 29 heavy (non-hydrogen) atoms. The van der Waals surface area contributed by atoms with E-state index in [0.717, 1.165) is 33.1 Å². The summed E-state index contributed by atoms with van der Waals surface area (Å²) in [6.45, 7) is 9.02. The molecule has 2 aromatic rings. The topological polar surface area (TPSA) is 85.5 Å². The Labute approximate surface area is 173 Å². The van der Waals surface area contributed by atoms with E-state index in [1.807, 2.05) is 57.6 Å². The predicted octanol–water partition coefficient (Wildman–Crippen LogP) is 1.13. The molecule has 1 aliphatic heterocycles. The van der Waals surface area contributed by atoms with Gasteiger partial charge in [-0.1, -0.05) is 6.07 Å². The van der Waals surface area contributed by atoms with Gasteiger partial charge in [0.1, 0.15) is 6.54 Å². The van der Waals surface area contributed by atoms with E-state index >= 15 is 0 Å². The number of likely N-dealkylation sites (N-methyl/N-ethyl adjacent to an activating group) is 1. The molecule has 1 aromatic carbocycles. The first-order valence-electron chi connectivity index (χ1n) is 9.99. The zero-order chi connectivity index (χ0) is 21.3. The Balaban J connectivity index is 1.63. The summed E-state index contributed by atoms with van der Waals surface area (Å²) < 4.78 is 25.5. The lowest BCUT2D eigenvalue weighted by molar-refractivity contribution is -0.885. The van der Waals surface area contributed by atoms with Gasteiger partial charge in [0.05, 0.1) is 35.9 Å². The smallest absolute Gasteiger partial charge is 0.279 e. The second kappa shape index (κ2) is 8.28. The number of quaternary nitrogens is 1. The zero-order valence-electron chi connectivity index (χ0n) is 17.9. The molecule has 1 unspecified atom stereocenters. The SMILES string of the molecule is Cc1ccc(NC(=O)C[NH+](C)Cc2c(C)nn([C@@H]3CCS(=O)(=O)C3)c2C)cc1C. The van der Waals surface area contributed by atoms with Crippen LogP contribution in [0.3, 0.4) is 0 Å². The van der Waals surface area contributed by atoms with Crippen LogP contribution in [0.1, 0.15) is 40.5 Å². The summed E-state index contributed by atoms with van der Waals surface area (Å²) in [7, 11) is -0.975. The fourth-order valence-corrected chi connectivity index (χ4v) is 5.63. The van der Waals surface area contributed by atoms with Crippen molar-refractivity contribution in [2.24, 2.45) is 0 Å². The molecule has 2 N–H and O–H groups in total. The number of amides is 1. The highest BCUT2D eigenvalue weighted by molar-refractivity contribution is 7.91. The van der Waals surface area contributed by atoms with Crippen LogP contribution >= 0.6 is 0 Å². The number of anilines is 1. The molecule has 1 aromatic heterocycles. The van der Waals surface area contributed by atoms with E-state index in [0.29, 0.717) is 19.5 Å². The molecule has 7 nitrogen and oxygen atoms in total. The second-order valence-corrected chi connectivity index (χ2v) is 10.5. The first-order chi connectivity index (χ1) is 13.6. The van der Waals surface area contributed by atoms with Gasteiger partial charge in [-0.05, 0) is 57.4 Å². The number of carbonyl (C=O) groups is 1. The van der Waals surface area contributed by atoms with Gasteiger partial charge in [0.2, 0.25) is 0 Å². The fourth-order valence-electron chi connectivity index (χ4n) is 3.94. The standard InChI is InChI=1S/C21H30N4O3S/c1-14-6-7-18(10-15(14)2)22-21(26)12-24(5)11-20-16(3)23-25(17(20)4)19-8-9-29(27,28)13-19/h6-7,10,19H,8-9,11-13H2,1-5H3,(H,22,26)/p+1/t19-/m1/s1. The van der Waals surface area contributed by atoms with Crippen LogP contribution in [0.5, 0.6) is 0 Å². The van der Waals surface area contributed by atoms with Gasteiger partial charge in [-0.15, -0.1) is 0 Å². The highest BCUT2D eigenvalue weighted by Crippen LogP contribution is 2.26. The number of sulfone groups is 1. The van der Waals surface area contributed by atoms with E-state index in [1.54, 1.807) is 0 Å². The van der Waals surface area contributed by atoms with Crippen molar-refractivity contribution < 1.29 is 18.1 Å². The summed E-state index contributed by atoms with van der Waals surface area (Å²) in [5.74, 6) is 0.361. The normalized spacial score (nSPS) is 19.3. The Hall–Kier alpha value is -2.19. The summed E-state index contributed by atoms with van der Waals surface area (Å²) in [6, 6.07) is 5.83. The molecule has 2 atom stereocenters. The van der Waals surface area contributed by atoms with Gasteiger partial charge in [-0.3, -0.25) is 9.48 Å². The molecule has 2 heterocycles. The first-order valence-corrected chi connectivity index (χ1v) is 11.8. The minimum Gasteiger partial charge on any atom is -0.326 e. The van der Waals surface area contributed by atoms with Crippen molar-refractivity contribution in [3.63, 3.8) is 0 Å². The molecule has 0 saturated carbocycles. The first kappa shape index (κ1) is 21.5. The summed E-state index contributed by atoms with van der Waals surface area (Å²) in [5.41, 5.74) is 6.15. The fraction of sp³-hybridized carbons (Fsp3) is 0.524. The number of hydrogen-bond donors (Lipinski definition) is 2. The number of nitrogens with one attached hydrogen (secondary N) is 2. The van der Waals surface area contributed by atoms with E-state index in [9.17, 15) is 13.2 Å². The number of aryl methyl sites for hydroxylation is 3. The number of benzene rings is 1. The molecule has 1 amide bonds. The second-order valence-electron chi connectivity index (χ2n) is 8.31. The molecule has 8 heteroatoms. The summed E-state index contributed by atoms with van der Waals surface area (Å²) >= 11 is 0. The summed E-state index contributed by atoms with van der Waals surface area (Å²) in [5, 5.41) is 7.58. The Morgan fingerprint density at radius 2 is 1.97 bits per heavy atom. The van der Waals surface area contributed by atoms with Gasteiger partial charge in [-0.2, -0.15) is 5.10 Å². The molecule has 0 bridgehead atoms. The van der Waals surface area contributed by atoms with E-state index in [1.165, 1.54) is 5.56 Å².